The summed E-state index contributed by atoms with van der Waals surface area (Å²) >= 11 is 6.74. The van der Waals surface area contributed by atoms with Gasteiger partial charge in [0, 0.05) is 8.95 Å². The molecular formula is C14H11Br2NO2. The number of amides is 1. The van der Waals surface area contributed by atoms with E-state index in [0.29, 0.717) is 17.1 Å². The van der Waals surface area contributed by atoms with E-state index in [1.807, 2.05) is 25.1 Å². The molecule has 0 radical (unpaired) electrons. The van der Waals surface area contributed by atoms with Crippen molar-refractivity contribution in [1.29, 1.82) is 0 Å². The highest BCUT2D eigenvalue weighted by Gasteiger charge is 2.12. The van der Waals surface area contributed by atoms with E-state index < -0.39 is 5.91 Å². The van der Waals surface area contributed by atoms with Crippen LogP contribution in [0.15, 0.2) is 45.3 Å². The van der Waals surface area contributed by atoms with Gasteiger partial charge in [0.15, 0.2) is 0 Å². The third-order valence-electron chi connectivity index (χ3n) is 2.57. The van der Waals surface area contributed by atoms with Gasteiger partial charge in [-0.1, -0.05) is 31.9 Å². The van der Waals surface area contributed by atoms with Crippen molar-refractivity contribution in [1.82, 2.24) is 0 Å². The van der Waals surface area contributed by atoms with Crippen LogP contribution in [0.2, 0.25) is 0 Å². The first kappa shape index (κ1) is 14.1. The Morgan fingerprint density at radius 3 is 2.32 bits per heavy atom. The lowest BCUT2D eigenvalue weighted by atomic mass is 10.2. The quantitative estimate of drug-likeness (QED) is 0.851. The molecule has 0 fully saturated rings. The van der Waals surface area contributed by atoms with Crippen molar-refractivity contribution in [2.75, 3.05) is 0 Å². The Kier molecular flexibility index (Phi) is 4.27. The second kappa shape index (κ2) is 5.75. The zero-order valence-corrected chi connectivity index (χ0v) is 13.3. The fraction of sp³-hybridized carbons (Fsp3) is 0.0714. The fourth-order valence-electron chi connectivity index (χ4n) is 1.63. The van der Waals surface area contributed by atoms with Crippen LogP contribution in [0.3, 0.4) is 0 Å². The number of halogens is 2. The number of nitrogens with two attached hydrogens (primary N) is 1. The Hall–Kier alpha value is -1.33. The third-order valence-corrected chi connectivity index (χ3v) is 3.55. The fourth-order valence-corrected chi connectivity index (χ4v) is 2.45. The summed E-state index contributed by atoms with van der Waals surface area (Å²) < 4.78 is 7.58. The van der Waals surface area contributed by atoms with Crippen LogP contribution in [0.1, 0.15) is 15.9 Å². The predicted molar refractivity (Wildman–Crippen MR) is 81.6 cm³/mol. The van der Waals surface area contributed by atoms with E-state index in [1.54, 1.807) is 18.2 Å². The number of carbonyl (C=O) groups is 1. The van der Waals surface area contributed by atoms with Crippen molar-refractivity contribution in [2.24, 2.45) is 5.73 Å². The average molecular weight is 385 g/mol. The van der Waals surface area contributed by atoms with Gasteiger partial charge in [0.1, 0.15) is 11.5 Å². The minimum atomic E-state index is -0.516. The van der Waals surface area contributed by atoms with Crippen LogP contribution < -0.4 is 10.5 Å². The summed E-state index contributed by atoms with van der Waals surface area (Å²) in [7, 11) is 0. The Morgan fingerprint density at radius 1 is 1.05 bits per heavy atom. The lowest BCUT2D eigenvalue weighted by Crippen LogP contribution is -2.12. The average Bonchev–Trinajstić information content (AvgIpc) is 2.32. The van der Waals surface area contributed by atoms with Crippen molar-refractivity contribution < 1.29 is 9.53 Å². The van der Waals surface area contributed by atoms with Gasteiger partial charge >= 0.3 is 0 Å². The molecule has 0 aliphatic heterocycles. The highest BCUT2D eigenvalue weighted by atomic mass is 79.9. The van der Waals surface area contributed by atoms with Gasteiger partial charge in [-0.25, -0.2) is 0 Å². The molecule has 0 spiro atoms. The maximum absolute atomic E-state index is 11.4. The van der Waals surface area contributed by atoms with Gasteiger partial charge in [0.25, 0.3) is 5.91 Å². The molecule has 2 aromatic rings. The first-order valence-corrected chi connectivity index (χ1v) is 7.09. The number of hydrogen-bond donors (Lipinski definition) is 1. The molecule has 0 saturated heterocycles. The Bertz CT molecular complexity index is 641. The number of rotatable bonds is 3. The summed E-state index contributed by atoms with van der Waals surface area (Å²) in [6.07, 6.45) is 0. The van der Waals surface area contributed by atoms with Crippen LogP contribution in [-0.2, 0) is 0 Å². The molecule has 0 atom stereocenters. The summed E-state index contributed by atoms with van der Waals surface area (Å²) in [4.78, 5) is 11.4. The lowest BCUT2D eigenvalue weighted by Gasteiger charge is -2.12. The number of carbonyl (C=O) groups excluding carboxylic acids is 1. The molecule has 0 aromatic heterocycles. The molecule has 98 valence electrons. The van der Waals surface area contributed by atoms with E-state index in [9.17, 15) is 4.79 Å². The Morgan fingerprint density at radius 2 is 1.68 bits per heavy atom. The third kappa shape index (κ3) is 3.36. The SMILES string of the molecule is Cc1cc(Br)ccc1Oc1cc(Br)ccc1C(N)=O. The van der Waals surface area contributed by atoms with Crippen LogP contribution >= 0.6 is 31.9 Å². The largest absolute Gasteiger partial charge is 0.456 e. The van der Waals surface area contributed by atoms with Gasteiger partial charge in [-0.2, -0.15) is 0 Å². The summed E-state index contributed by atoms with van der Waals surface area (Å²) in [5, 5.41) is 0. The molecule has 0 aliphatic rings. The standard InChI is InChI=1S/C14H11Br2NO2/c1-8-6-9(15)3-5-12(8)19-13-7-10(16)2-4-11(13)14(17)18/h2-7H,1H3,(H2,17,18). The van der Waals surface area contributed by atoms with E-state index >= 15 is 0 Å². The summed E-state index contributed by atoms with van der Waals surface area (Å²) in [6.45, 7) is 1.93. The summed E-state index contributed by atoms with van der Waals surface area (Å²) in [5.74, 6) is 0.605. The van der Waals surface area contributed by atoms with Gasteiger partial charge in [-0.3, -0.25) is 4.79 Å². The maximum atomic E-state index is 11.4. The first-order valence-electron chi connectivity index (χ1n) is 5.51. The number of hydrogen-bond acceptors (Lipinski definition) is 2. The second-order valence-electron chi connectivity index (χ2n) is 4.02. The van der Waals surface area contributed by atoms with Gasteiger partial charge in [0.05, 0.1) is 5.56 Å². The van der Waals surface area contributed by atoms with E-state index in [0.717, 1.165) is 14.5 Å². The highest BCUT2D eigenvalue weighted by molar-refractivity contribution is 9.10. The minimum Gasteiger partial charge on any atom is -0.456 e. The molecule has 5 heteroatoms. The van der Waals surface area contributed by atoms with E-state index in [-0.39, 0.29) is 0 Å². The molecule has 19 heavy (non-hydrogen) atoms. The lowest BCUT2D eigenvalue weighted by molar-refractivity contribution is 0.0998. The van der Waals surface area contributed by atoms with Crippen LogP contribution in [0.4, 0.5) is 0 Å². The molecule has 2 N–H and O–H groups in total. The summed E-state index contributed by atoms with van der Waals surface area (Å²) in [5.41, 5.74) is 6.65. The van der Waals surface area contributed by atoms with Crippen LogP contribution in [0, 0.1) is 6.92 Å². The van der Waals surface area contributed by atoms with Gasteiger partial charge in [-0.15, -0.1) is 0 Å². The molecule has 2 rings (SSSR count). The van der Waals surface area contributed by atoms with E-state index in [4.69, 9.17) is 10.5 Å². The molecule has 0 aliphatic carbocycles. The molecular weight excluding hydrogens is 374 g/mol. The molecule has 2 aromatic carbocycles. The van der Waals surface area contributed by atoms with Gasteiger partial charge < -0.3 is 10.5 Å². The Labute approximate surface area is 128 Å². The topological polar surface area (TPSA) is 52.3 Å². The van der Waals surface area contributed by atoms with E-state index in [2.05, 4.69) is 31.9 Å². The van der Waals surface area contributed by atoms with Gasteiger partial charge in [-0.05, 0) is 48.9 Å². The molecule has 3 nitrogen and oxygen atoms in total. The Balaban J connectivity index is 2.42. The zero-order chi connectivity index (χ0) is 14.0. The van der Waals surface area contributed by atoms with Crippen LogP contribution in [-0.4, -0.2) is 5.91 Å². The van der Waals surface area contributed by atoms with Crippen molar-refractivity contribution in [3.05, 3.63) is 56.5 Å². The van der Waals surface area contributed by atoms with Gasteiger partial charge in [0.2, 0.25) is 0 Å². The zero-order valence-electron chi connectivity index (χ0n) is 10.1. The predicted octanol–water partition coefficient (Wildman–Crippen LogP) is 4.41. The molecule has 0 saturated carbocycles. The van der Waals surface area contributed by atoms with Crippen LogP contribution in [0.25, 0.3) is 0 Å². The van der Waals surface area contributed by atoms with Crippen molar-refractivity contribution in [3.63, 3.8) is 0 Å². The second-order valence-corrected chi connectivity index (χ2v) is 5.85. The highest BCUT2D eigenvalue weighted by Crippen LogP contribution is 2.31. The van der Waals surface area contributed by atoms with Crippen molar-refractivity contribution in [2.45, 2.75) is 6.92 Å². The number of benzene rings is 2. The monoisotopic (exact) mass is 383 g/mol. The maximum Gasteiger partial charge on any atom is 0.252 e. The van der Waals surface area contributed by atoms with Crippen LogP contribution in [0.5, 0.6) is 11.5 Å². The number of ether oxygens (including phenoxy) is 1. The molecule has 1 amide bonds. The molecule has 0 bridgehead atoms. The smallest absolute Gasteiger partial charge is 0.252 e. The number of aryl methyl sites for hydroxylation is 1. The minimum absolute atomic E-state index is 0.352. The summed E-state index contributed by atoms with van der Waals surface area (Å²) in [6, 6.07) is 10.8. The number of primary amides is 1. The van der Waals surface area contributed by atoms with Crippen molar-refractivity contribution in [3.8, 4) is 11.5 Å². The first-order chi connectivity index (χ1) is 8.97. The molecule has 0 unspecified atom stereocenters. The normalized spacial score (nSPS) is 10.3. The van der Waals surface area contributed by atoms with E-state index in [1.165, 1.54) is 0 Å². The van der Waals surface area contributed by atoms with Crippen molar-refractivity contribution >= 4 is 37.8 Å². The molecule has 0 heterocycles.